The van der Waals surface area contributed by atoms with Gasteiger partial charge in [-0.1, -0.05) is 0 Å². The third-order valence-corrected chi connectivity index (χ3v) is 5.43. The molecule has 0 saturated heterocycles. The zero-order valence-electron chi connectivity index (χ0n) is 10.9. The lowest BCUT2D eigenvalue weighted by Gasteiger charge is -2.11. The van der Waals surface area contributed by atoms with Crippen molar-refractivity contribution in [3.8, 4) is 0 Å². The second kappa shape index (κ2) is 5.81. The van der Waals surface area contributed by atoms with Crippen LogP contribution in [0.4, 0.5) is 23.2 Å². The number of benzene rings is 1. The number of nitrogens with one attached hydrogen (secondary N) is 1. The van der Waals surface area contributed by atoms with E-state index in [0.717, 1.165) is 17.5 Å². The molecule has 5 nitrogen and oxygen atoms in total. The van der Waals surface area contributed by atoms with Gasteiger partial charge >= 0.3 is 12.1 Å². The molecular formula is C12H7F4NO4S2. The summed E-state index contributed by atoms with van der Waals surface area (Å²) in [5.41, 5.74) is -2.38. The summed E-state index contributed by atoms with van der Waals surface area (Å²) in [6, 6.07) is 2.49. The number of anilines is 1. The van der Waals surface area contributed by atoms with E-state index in [1.54, 1.807) is 0 Å². The predicted molar refractivity (Wildman–Crippen MR) is 73.5 cm³/mol. The van der Waals surface area contributed by atoms with E-state index >= 15 is 0 Å². The number of thiophene rings is 1. The molecule has 0 saturated carbocycles. The number of carboxylic acid groups (broad SMARTS) is 1. The number of sulfonamides is 1. The Labute approximate surface area is 131 Å². The number of carbonyl (C=O) groups is 1. The average molecular weight is 369 g/mol. The van der Waals surface area contributed by atoms with E-state index in [0.29, 0.717) is 23.5 Å². The van der Waals surface area contributed by atoms with E-state index in [1.165, 1.54) is 0 Å². The number of rotatable bonds is 4. The normalized spacial score (nSPS) is 12.2. The van der Waals surface area contributed by atoms with Crippen LogP contribution in [0.3, 0.4) is 0 Å². The summed E-state index contributed by atoms with van der Waals surface area (Å²) in [6.45, 7) is 0. The molecule has 0 radical (unpaired) electrons. The Bertz CT molecular complexity index is 858. The molecular weight excluding hydrogens is 362 g/mol. The van der Waals surface area contributed by atoms with Gasteiger partial charge in [0.25, 0.3) is 10.0 Å². The predicted octanol–water partition coefficient (Wildman–Crippen LogP) is 3.41. The lowest BCUT2D eigenvalue weighted by atomic mass is 10.2. The Morgan fingerprint density at radius 1 is 1.22 bits per heavy atom. The Balaban J connectivity index is 2.35. The van der Waals surface area contributed by atoms with Crippen molar-refractivity contribution in [1.82, 2.24) is 0 Å². The van der Waals surface area contributed by atoms with Crippen molar-refractivity contribution in [2.45, 2.75) is 10.4 Å². The Hall–Kier alpha value is -2.14. The van der Waals surface area contributed by atoms with Crippen LogP contribution in [0.2, 0.25) is 0 Å². The van der Waals surface area contributed by atoms with Gasteiger partial charge in [0, 0.05) is 11.1 Å². The van der Waals surface area contributed by atoms with Crippen LogP contribution < -0.4 is 4.72 Å². The van der Waals surface area contributed by atoms with E-state index in [-0.39, 0.29) is 5.56 Å². The first-order valence-corrected chi connectivity index (χ1v) is 8.08. The number of hydrogen-bond donors (Lipinski definition) is 2. The van der Waals surface area contributed by atoms with Gasteiger partial charge in [-0.05, 0) is 24.3 Å². The average Bonchev–Trinajstić information content (AvgIpc) is 2.90. The Kier molecular flexibility index (Phi) is 4.35. The van der Waals surface area contributed by atoms with Crippen LogP contribution in [0, 0.1) is 5.82 Å². The molecule has 0 bridgehead atoms. The highest BCUT2D eigenvalue weighted by molar-refractivity contribution is 7.94. The van der Waals surface area contributed by atoms with E-state index in [1.807, 2.05) is 4.72 Å². The maximum atomic E-state index is 13.2. The van der Waals surface area contributed by atoms with Crippen molar-refractivity contribution in [1.29, 1.82) is 0 Å². The van der Waals surface area contributed by atoms with Gasteiger partial charge in [-0.2, -0.15) is 13.2 Å². The molecule has 1 aromatic heterocycles. The molecule has 1 aromatic carbocycles. The summed E-state index contributed by atoms with van der Waals surface area (Å²) in [4.78, 5) is 10.7. The van der Waals surface area contributed by atoms with Gasteiger partial charge in [0.05, 0.1) is 11.1 Å². The summed E-state index contributed by atoms with van der Waals surface area (Å²) in [5.74, 6) is -2.88. The highest BCUT2D eigenvalue weighted by Crippen LogP contribution is 2.33. The topological polar surface area (TPSA) is 83.5 Å². The fourth-order valence-electron chi connectivity index (χ4n) is 1.58. The standard InChI is InChI=1S/C12H7F4NO4S2/c13-9-2-1-7(4-8(9)12(14,15)16)17-23(20,21)10-3-6(5-22-10)11(18)19/h1-5,17H,(H,18,19). The van der Waals surface area contributed by atoms with Gasteiger partial charge in [-0.3, -0.25) is 4.72 Å². The van der Waals surface area contributed by atoms with E-state index in [2.05, 4.69) is 0 Å². The first-order valence-electron chi connectivity index (χ1n) is 5.72. The molecule has 0 aliphatic carbocycles. The molecule has 2 rings (SSSR count). The number of halogens is 4. The molecule has 0 aliphatic rings. The van der Waals surface area contributed by atoms with Crippen molar-refractivity contribution in [2.75, 3.05) is 4.72 Å². The summed E-state index contributed by atoms with van der Waals surface area (Å²) >= 11 is 0.589. The van der Waals surface area contributed by atoms with Gasteiger partial charge in [-0.15, -0.1) is 11.3 Å². The van der Waals surface area contributed by atoms with E-state index in [9.17, 15) is 30.8 Å². The summed E-state index contributed by atoms with van der Waals surface area (Å²) in [7, 11) is -4.29. The van der Waals surface area contributed by atoms with Crippen molar-refractivity contribution >= 4 is 33.0 Å². The third kappa shape index (κ3) is 3.79. The van der Waals surface area contributed by atoms with Crippen LogP contribution in [0.1, 0.15) is 15.9 Å². The zero-order chi connectivity index (χ0) is 17.4. The maximum Gasteiger partial charge on any atom is 0.419 e. The molecule has 124 valence electrons. The molecule has 1 heterocycles. The minimum Gasteiger partial charge on any atom is -0.478 e. The molecule has 0 spiro atoms. The van der Waals surface area contributed by atoms with E-state index < -0.39 is 43.4 Å². The van der Waals surface area contributed by atoms with Crippen LogP contribution in [-0.4, -0.2) is 19.5 Å². The molecule has 2 aromatic rings. The van der Waals surface area contributed by atoms with E-state index in [4.69, 9.17) is 5.11 Å². The van der Waals surface area contributed by atoms with Crippen molar-refractivity contribution in [3.05, 3.63) is 46.6 Å². The largest absolute Gasteiger partial charge is 0.478 e. The number of hydrogen-bond acceptors (Lipinski definition) is 4. The fourth-order valence-corrected chi connectivity index (χ4v) is 3.78. The summed E-state index contributed by atoms with van der Waals surface area (Å²) in [6.07, 6.45) is -4.98. The molecule has 11 heteroatoms. The highest BCUT2D eigenvalue weighted by Gasteiger charge is 2.34. The van der Waals surface area contributed by atoms with Gasteiger partial charge in [0.15, 0.2) is 0 Å². The van der Waals surface area contributed by atoms with Crippen LogP contribution in [0.25, 0.3) is 0 Å². The van der Waals surface area contributed by atoms with Crippen LogP contribution >= 0.6 is 11.3 Å². The van der Waals surface area contributed by atoms with Gasteiger partial charge in [0.1, 0.15) is 10.0 Å². The summed E-state index contributed by atoms with van der Waals surface area (Å²) < 4.78 is 76.4. The second-order valence-corrected chi connectivity index (χ2v) is 7.08. The molecule has 0 aliphatic heterocycles. The Morgan fingerprint density at radius 2 is 1.87 bits per heavy atom. The second-order valence-electron chi connectivity index (χ2n) is 4.26. The highest BCUT2D eigenvalue weighted by atomic mass is 32.2. The van der Waals surface area contributed by atoms with Crippen molar-refractivity contribution in [2.24, 2.45) is 0 Å². The van der Waals surface area contributed by atoms with Crippen LogP contribution in [0.15, 0.2) is 33.9 Å². The van der Waals surface area contributed by atoms with Crippen LogP contribution in [0.5, 0.6) is 0 Å². The van der Waals surface area contributed by atoms with Crippen molar-refractivity contribution < 1.29 is 35.9 Å². The molecule has 23 heavy (non-hydrogen) atoms. The Morgan fingerprint density at radius 3 is 2.39 bits per heavy atom. The van der Waals surface area contributed by atoms with Gasteiger partial charge in [-0.25, -0.2) is 17.6 Å². The number of aromatic carboxylic acids is 1. The smallest absolute Gasteiger partial charge is 0.419 e. The maximum absolute atomic E-state index is 13.2. The molecule has 2 N–H and O–H groups in total. The third-order valence-electron chi connectivity index (χ3n) is 2.61. The lowest BCUT2D eigenvalue weighted by Crippen LogP contribution is -2.14. The lowest BCUT2D eigenvalue weighted by molar-refractivity contribution is -0.139. The van der Waals surface area contributed by atoms with Crippen molar-refractivity contribution in [3.63, 3.8) is 0 Å². The van der Waals surface area contributed by atoms with Crippen LogP contribution in [-0.2, 0) is 16.2 Å². The minimum absolute atomic E-state index is 0.273. The number of carboxylic acids is 1. The molecule has 0 unspecified atom stereocenters. The first kappa shape index (κ1) is 17.2. The SMILES string of the molecule is O=C(O)c1csc(S(=O)(=O)Nc2ccc(F)c(C(F)(F)F)c2)c1. The number of alkyl halides is 3. The summed E-state index contributed by atoms with van der Waals surface area (Å²) in [5, 5.41) is 9.81. The monoisotopic (exact) mass is 369 g/mol. The fraction of sp³-hybridized carbons (Fsp3) is 0.0833. The van der Waals surface area contributed by atoms with Gasteiger partial charge in [0.2, 0.25) is 0 Å². The molecule has 0 atom stereocenters. The minimum atomic E-state index is -4.98. The quantitative estimate of drug-likeness (QED) is 0.809. The molecule has 0 amide bonds. The molecule has 0 fully saturated rings. The van der Waals surface area contributed by atoms with Gasteiger partial charge < -0.3 is 5.11 Å². The first-order chi connectivity index (χ1) is 10.5. The zero-order valence-corrected chi connectivity index (χ0v) is 12.5.